The second-order valence-electron chi connectivity index (χ2n) is 5.94. The molecule has 7 nitrogen and oxygen atoms in total. The van der Waals surface area contributed by atoms with Crippen molar-refractivity contribution in [2.75, 3.05) is 5.32 Å². The van der Waals surface area contributed by atoms with Crippen LogP contribution >= 0.6 is 33.9 Å². The van der Waals surface area contributed by atoms with Crippen LogP contribution in [0.2, 0.25) is 0 Å². The number of halogens is 1. The van der Waals surface area contributed by atoms with Crippen molar-refractivity contribution in [1.29, 1.82) is 0 Å². The van der Waals surface area contributed by atoms with E-state index in [1.54, 1.807) is 13.1 Å². The van der Waals surface area contributed by atoms with E-state index in [2.05, 4.69) is 48.1 Å². The quantitative estimate of drug-likeness (QED) is 0.363. The highest BCUT2D eigenvalue weighted by atomic mass is 127. The summed E-state index contributed by atoms with van der Waals surface area (Å²) in [6.07, 6.45) is 2.28. The second-order valence-corrected chi connectivity index (χ2v) is 8.04. The molecular weight excluding hydrogens is 489 g/mol. The molecule has 1 N–H and O–H groups in total. The Balaban J connectivity index is 1.47. The van der Waals surface area contributed by atoms with Crippen LogP contribution in [0.15, 0.2) is 52.4 Å². The minimum Gasteiger partial charge on any atom is -0.485 e. The van der Waals surface area contributed by atoms with Crippen LogP contribution in [0.3, 0.4) is 0 Å². The highest BCUT2D eigenvalue weighted by Crippen LogP contribution is 2.29. The lowest BCUT2D eigenvalue weighted by atomic mass is 10.2. The molecule has 0 saturated carbocycles. The molecule has 0 radical (unpaired) electrons. The zero-order valence-corrected chi connectivity index (χ0v) is 17.9. The molecule has 0 atom stereocenters. The summed E-state index contributed by atoms with van der Waals surface area (Å²) in [5.74, 6) is 2.41. The van der Waals surface area contributed by atoms with Gasteiger partial charge in [-0.1, -0.05) is 30.3 Å². The molecule has 142 valence electrons. The maximum atomic E-state index is 6.00. The number of thiazole rings is 1. The Kier molecular flexibility index (Phi) is 5.81. The first kappa shape index (κ1) is 18.8. The third-order valence-electron chi connectivity index (χ3n) is 3.73. The number of aromatic nitrogens is 4. The Hall–Kier alpha value is -2.53. The van der Waals surface area contributed by atoms with Gasteiger partial charge in [0.1, 0.15) is 6.61 Å². The Labute approximate surface area is 179 Å². The van der Waals surface area contributed by atoms with Crippen LogP contribution in [0, 0.1) is 10.5 Å². The Bertz CT molecular complexity index is 1070. The number of aryl methyl sites for hydroxylation is 1. The third-order valence-corrected chi connectivity index (χ3v) is 5.13. The fourth-order valence-electron chi connectivity index (χ4n) is 2.47. The molecule has 0 spiro atoms. The normalized spacial score (nSPS) is 10.8. The molecule has 0 unspecified atom stereocenters. The number of hydrogen-bond acceptors (Lipinski definition) is 8. The van der Waals surface area contributed by atoms with Crippen molar-refractivity contribution >= 4 is 44.9 Å². The fourth-order valence-corrected chi connectivity index (χ4v) is 3.60. The van der Waals surface area contributed by atoms with Crippen LogP contribution in [0.25, 0.3) is 0 Å². The van der Waals surface area contributed by atoms with Gasteiger partial charge in [-0.2, -0.15) is 0 Å². The first-order valence-electron chi connectivity index (χ1n) is 8.48. The Morgan fingerprint density at radius 1 is 1.21 bits per heavy atom. The minimum absolute atomic E-state index is 0.469. The van der Waals surface area contributed by atoms with E-state index in [1.807, 2.05) is 41.8 Å². The highest BCUT2D eigenvalue weighted by molar-refractivity contribution is 14.1. The molecule has 0 aliphatic rings. The van der Waals surface area contributed by atoms with Crippen molar-refractivity contribution in [2.24, 2.45) is 0 Å². The van der Waals surface area contributed by atoms with Crippen LogP contribution in [0.1, 0.15) is 23.0 Å². The smallest absolute Gasteiger partial charge is 0.222 e. The van der Waals surface area contributed by atoms with E-state index >= 15 is 0 Å². The molecule has 0 aliphatic carbocycles. The van der Waals surface area contributed by atoms with Crippen molar-refractivity contribution < 1.29 is 9.15 Å². The third kappa shape index (κ3) is 4.84. The van der Waals surface area contributed by atoms with E-state index in [4.69, 9.17) is 9.15 Å². The van der Waals surface area contributed by atoms with Crippen LogP contribution in [-0.2, 0) is 13.0 Å². The van der Waals surface area contributed by atoms with Gasteiger partial charge in [-0.15, -0.1) is 21.5 Å². The molecule has 1 aromatic carbocycles. The summed E-state index contributed by atoms with van der Waals surface area (Å²) >= 11 is 3.71. The van der Waals surface area contributed by atoms with E-state index in [0.717, 1.165) is 20.0 Å². The van der Waals surface area contributed by atoms with Crippen molar-refractivity contribution in [3.63, 3.8) is 0 Å². The van der Waals surface area contributed by atoms with Gasteiger partial charge in [-0.3, -0.25) is 0 Å². The lowest BCUT2D eigenvalue weighted by molar-refractivity contribution is 0.306. The molecule has 9 heteroatoms. The summed E-state index contributed by atoms with van der Waals surface area (Å²) in [5.41, 5.74) is 1.95. The number of ether oxygens (including phenoxy) is 1. The van der Waals surface area contributed by atoms with E-state index in [-0.39, 0.29) is 0 Å². The number of hydrogen-bond donors (Lipinski definition) is 1. The monoisotopic (exact) mass is 505 g/mol. The van der Waals surface area contributed by atoms with Crippen LogP contribution in [0.5, 0.6) is 5.75 Å². The van der Waals surface area contributed by atoms with Gasteiger partial charge in [0.05, 0.1) is 12.1 Å². The molecule has 0 amide bonds. The Morgan fingerprint density at radius 3 is 2.86 bits per heavy atom. The van der Waals surface area contributed by atoms with Gasteiger partial charge in [-0.05, 0) is 34.2 Å². The van der Waals surface area contributed by atoms with Gasteiger partial charge in [0.15, 0.2) is 16.7 Å². The predicted octanol–water partition coefficient (Wildman–Crippen LogP) is 4.75. The van der Waals surface area contributed by atoms with Crippen molar-refractivity contribution in [3.05, 3.63) is 74.6 Å². The van der Waals surface area contributed by atoms with E-state index in [1.165, 1.54) is 11.3 Å². The van der Waals surface area contributed by atoms with Gasteiger partial charge in [0.2, 0.25) is 11.8 Å². The summed E-state index contributed by atoms with van der Waals surface area (Å²) in [6.45, 7) is 2.24. The largest absolute Gasteiger partial charge is 0.485 e. The van der Waals surface area contributed by atoms with Crippen molar-refractivity contribution in [2.45, 2.75) is 20.0 Å². The summed E-state index contributed by atoms with van der Waals surface area (Å²) in [6, 6.07) is 12.0. The van der Waals surface area contributed by atoms with Crippen LogP contribution in [-0.4, -0.2) is 20.2 Å². The molecule has 4 rings (SSSR count). The number of anilines is 2. The fraction of sp³-hybridized carbons (Fsp3) is 0.158. The van der Waals surface area contributed by atoms with E-state index in [9.17, 15) is 0 Å². The molecular formula is C19H16IN5O2S. The number of pyridine rings is 1. The highest BCUT2D eigenvalue weighted by Gasteiger charge is 2.12. The lowest BCUT2D eigenvalue weighted by Gasteiger charge is -2.11. The molecule has 0 fully saturated rings. The number of rotatable bonds is 7. The second kappa shape index (κ2) is 8.65. The van der Waals surface area contributed by atoms with Crippen molar-refractivity contribution in [3.8, 4) is 5.75 Å². The minimum atomic E-state index is 0.469. The van der Waals surface area contributed by atoms with Crippen LogP contribution in [0.4, 0.5) is 10.9 Å². The van der Waals surface area contributed by atoms with E-state index < -0.39 is 0 Å². The molecule has 3 aromatic heterocycles. The first-order chi connectivity index (χ1) is 13.7. The van der Waals surface area contributed by atoms with Gasteiger partial charge in [0, 0.05) is 22.1 Å². The number of nitrogens with one attached hydrogen (secondary N) is 1. The van der Waals surface area contributed by atoms with Gasteiger partial charge < -0.3 is 14.5 Å². The van der Waals surface area contributed by atoms with Gasteiger partial charge >= 0.3 is 0 Å². The number of nitrogens with zero attached hydrogens (tertiary/aromatic N) is 4. The van der Waals surface area contributed by atoms with Crippen molar-refractivity contribution in [1.82, 2.24) is 20.2 Å². The zero-order chi connectivity index (χ0) is 19.3. The summed E-state index contributed by atoms with van der Waals surface area (Å²) in [5, 5.41) is 13.8. The van der Waals surface area contributed by atoms with Crippen LogP contribution < -0.4 is 10.1 Å². The molecule has 28 heavy (non-hydrogen) atoms. The molecule has 0 saturated heterocycles. The Morgan fingerprint density at radius 2 is 2.07 bits per heavy atom. The number of benzene rings is 1. The maximum absolute atomic E-state index is 6.00. The average Bonchev–Trinajstić information content (AvgIpc) is 3.31. The van der Waals surface area contributed by atoms with E-state index in [0.29, 0.717) is 36.4 Å². The standard InChI is InChI=1S/C19H16IN5O2S/c1-12-24-25-17(27-12)8-15-11-28-19(22-15)23-18-16(7-14(20)9-21-18)26-10-13-5-3-2-4-6-13/h2-7,9,11H,8,10H2,1H3,(H,21,22,23). The average molecular weight is 505 g/mol. The molecule has 0 aliphatic heterocycles. The summed E-state index contributed by atoms with van der Waals surface area (Å²) in [7, 11) is 0. The molecule has 0 bridgehead atoms. The van der Waals surface area contributed by atoms with Gasteiger partial charge in [0.25, 0.3) is 0 Å². The lowest BCUT2D eigenvalue weighted by Crippen LogP contribution is -2.02. The van der Waals surface area contributed by atoms with Gasteiger partial charge in [-0.25, -0.2) is 9.97 Å². The topological polar surface area (TPSA) is 86.0 Å². The summed E-state index contributed by atoms with van der Waals surface area (Å²) in [4.78, 5) is 9.04. The maximum Gasteiger partial charge on any atom is 0.222 e. The predicted molar refractivity (Wildman–Crippen MR) is 115 cm³/mol. The molecule has 3 heterocycles. The molecule has 4 aromatic rings. The summed E-state index contributed by atoms with van der Waals surface area (Å²) < 4.78 is 12.4. The zero-order valence-electron chi connectivity index (χ0n) is 14.9. The SMILES string of the molecule is Cc1nnc(Cc2csc(Nc3ncc(I)cc3OCc3ccccc3)n2)o1. The first-order valence-corrected chi connectivity index (χ1v) is 10.4.